The predicted molar refractivity (Wildman–Crippen MR) is 152 cm³/mol. The fourth-order valence-corrected chi connectivity index (χ4v) is 5.53. The molecule has 3 aromatic carbocycles. The molecule has 4 aromatic rings. The van der Waals surface area contributed by atoms with Crippen LogP contribution in [0.2, 0.25) is 0 Å². The van der Waals surface area contributed by atoms with Gasteiger partial charge < -0.3 is 10.1 Å². The molecule has 0 radical (unpaired) electrons. The molecule has 1 N–H and O–H groups in total. The largest absolute Gasteiger partial charge is 0.494 e. The number of aromatic nitrogens is 1. The van der Waals surface area contributed by atoms with Gasteiger partial charge in [0.1, 0.15) is 5.75 Å². The molecule has 1 unspecified atom stereocenters. The second-order valence-electron chi connectivity index (χ2n) is 9.22. The second-order valence-corrected chi connectivity index (χ2v) is 11.2. The number of rotatable bonds is 12. The van der Waals surface area contributed by atoms with Crippen LogP contribution < -0.4 is 10.1 Å². The first kappa shape index (κ1) is 28.0. The highest BCUT2D eigenvalue weighted by molar-refractivity contribution is 7.89. The highest BCUT2D eigenvalue weighted by Gasteiger charge is 2.25. The maximum atomic E-state index is 13.6. The normalized spacial score (nSPS) is 12.2. The van der Waals surface area contributed by atoms with E-state index in [-0.39, 0.29) is 29.8 Å². The van der Waals surface area contributed by atoms with Crippen molar-refractivity contribution in [3.8, 4) is 5.75 Å². The first-order valence-corrected chi connectivity index (χ1v) is 14.4. The Morgan fingerprint density at radius 1 is 0.897 bits per heavy atom. The van der Waals surface area contributed by atoms with E-state index in [1.807, 2.05) is 43.3 Å². The van der Waals surface area contributed by atoms with E-state index in [1.54, 1.807) is 66.9 Å². The second kappa shape index (κ2) is 13.2. The van der Waals surface area contributed by atoms with Crippen LogP contribution in [0.3, 0.4) is 0 Å². The Bertz CT molecular complexity index is 1440. The van der Waals surface area contributed by atoms with Crippen LogP contribution >= 0.6 is 0 Å². The van der Waals surface area contributed by atoms with Crippen molar-refractivity contribution in [1.29, 1.82) is 0 Å². The van der Waals surface area contributed by atoms with Gasteiger partial charge in [-0.15, -0.1) is 0 Å². The smallest absolute Gasteiger partial charge is 0.251 e. The number of benzene rings is 3. The minimum absolute atomic E-state index is 0.107. The maximum Gasteiger partial charge on any atom is 0.251 e. The van der Waals surface area contributed by atoms with Crippen molar-refractivity contribution in [3.05, 3.63) is 126 Å². The van der Waals surface area contributed by atoms with Crippen LogP contribution in [0.4, 0.5) is 0 Å². The van der Waals surface area contributed by atoms with Crippen molar-refractivity contribution in [1.82, 2.24) is 14.6 Å². The zero-order chi connectivity index (χ0) is 27.7. The molecule has 202 valence electrons. The fourth-order valence-electron chi connectivity index (χ4n) is 4.13. The highest BCUT2D eigenvalue weighted by Crippen LogP contribution is 2.23. The van der Waals surface area contributed by atoms with Crippen molar-refractivity contribution in [2.45, 2.75) is 37.8 Å². The number of sulfonamides is 1. The Labute approximate surface area is 230 Å². The SMILES string of the molecule is CCOc1ccc(S(=O)(=O)N(Cc2ccc(C(=O)NCC(C)c3ccccc3)cc2)Cc2ccccn2)cc1. The molecule has 0 aliphatic heterocycles. The van der Waals surface area contributed by atoms with E-state index in [1.165, 1.54) is 4.31 Å². The summed E-state index contributed by atoms with van der Waals surface area (Å²) in [4.78, 5) is 17.2. The van der Waals surface area contributed by atoms with Crippen LogP contribution in [0.25, 0.3) is 0 Å². The van der Waals surface area contributed by atoms with Gasteiger partial charge in [0.25, 0.3) is 5.91 Å². The standard InChI is InChI=1S/C31H33N3O4S/c1-3-38-29-16-18-30(19-17-29)39(36,37)34(23-28-11-7-8-20-32-28)22-25-12-14-27(15-13-25)31(35)33-21-24(2)26-9-5-4-6-10-26/h4-20,24H,3,21-23H2,1-2H3,(H,33,35). The summed E-state index contributed by atoms with van der Waals surface area (Å²) in [6, 6.07) is 28.9. The molecular weight excluding hydrogens is 510 g/mol. The van der Waals surface area contributed by atoms with Crippen LogP contribution in [0.1, 0.15) is 46.9 Å². The minimum atomic E-state index is -3.84. The first-order chi connectivity index (χ1) is 18.9. The number of carbonyl (C=O) groups excluding carboxylic acids is 1. The lowest BCUT2D eigenvalue weighted by Crippen LogP contribution is -2.30. The van der Waals surface area contributed by atoms with Gasteiger partial charge in [-0.2, -0.15) is 4.31 Å². The highest BCUT2D eigenvalue weighted by atomic mass is 32.2. The number of carbonyl (C=O) groups is 1. The van der Waals surface area contributed by atoms with Gasteiger partial charge in [0.05, 0.1) is 23.7 Å². The number of hydrogen-bond donors (Lipinski definition) is 1. The third kappa shape index (κ3) is 7.52. The van der Waals surface area contributed by atoms with Crippen molar-refractivity contribution >= 4 is 15.9 Å². The van der Waals surface area contributed by atoms with E-state index in [0.717, 1.165) is 11.1 Å². The Balaban J connectivity index is 1.48. The van der Waals surface area contributed by atoms with Gasteiger partial charge in [-0.1, -0.05) is 55.5 Å². The molecule has 4 rings (SSSR count). The van der Waals surface area contributed by atoms with E-state index in [2.05, 4.69) is 17.2 Å². The lowest BCUT2D eigenvalue weighted by atomic mass is 10.0. The van der Waals surface area contributed by atoms with Crippen LogP contribution in [0, 0.1) is 0 Å². The Hall–Kier alpha value is -4.01. The summed E-state index contributed by atoms with van der Waals surface area (Å²) in [5.74, 6) is 0.624. The Morgan fingerprint density at radius 3 is 2.23 bits per heavy atom. The third-order valence-electron chi connectivity index (χ3n) is 6.35. The summed E-state index contributed by atoms with van der Waals surface area (Å²) < 4.78 is 34.1. The van der Waals surface area contributed by atoms with E-state index in [0.29, 0.717) is 30.2 Å². The van der Waals surface area contributed by atoms with Gasteiger partial charge in [0.15, 0.2) is 0 Å². The summed E-state index contributed by atoms with van der Waals surface area (Å²) in [6.45, 7) is 5.19. The molecule has 0 aliphatic rings. The number of nitrogens with one attached hydrogen (secondary N) is 1. The molecule has 7 nitrogen and oxygen atoms in total. The van der Waals surface area contributed by atoms with Crippen LogP contribution in [0.5, 0.6) is 5.75 Å². The molecule has 1 heterocycles. The van der Waals surface area contributed by atoms with Gasteiger partial charge in [-0.3, -0.25) is 9.78 Å². The first-order valence-electron chi connectivity index (χ1n) is 12.9. The topological polar surface area (TPSA) is 88.6 Å². The average Bonchev–Trinajstić information content (AvgIpc) is 2.97. The van der Waals surface area contributed by atoms with E-state index in [9.17, 15) is 13.2 Å². The molecular formula is C31H33N3O4S. The van der Waals surface area contributed by atoms with Gasteiger partial charge in [-0.25, -0.2) is 8.42 Å². The zero-order valence-electron chi connectivity index (χ0n) is 22.2. The number of pyridine rings is 1. The fraction of sp³-hybridized carbons (Fsp3) is 0.226. The number of hydrogen-bond acceptors (Lipinski definition) is 5. The van der Waals surface area contributed by atoms with Crippen LogP contribution in [0.15, 0.2) is 108 Å². The molecule has 1 atom stereocenters. The number of amides is 1. The molecule has 0 aliphatic carbocycles. The molecule has 1 aromatic heterocycles. The van der Waals surface area contributed by atoms with Gasteiger partial charge >= 0.3 is 0 Å². The molecule has 0 saturated heterocycles. The monoisotopic (exact) mass is 543 g/mol. The lowest BCUT2D eigenvalue weighted by molar-refractivity contribution is 0.0951. The van der Waals surface area contributed by atoms with Crippen molar-refractivity contribution in [3.63, 3.8) is 0 Å². The van der Waals surface area contributed by atoms with E-state index < -0.39 is 10.0 Å². The van der Waals surface area contributed by atoms with Crippen LogP contribution in [-0.4, -0.2) is 36.8 Å². The van der Waals surface area contributed by atoms with Gasteiger partial charge in [-0.05, 0) is 72.5 Å². The average molecular weight is 544 g/mol. The Morgan fingerprint density at radius 2 is 1.59 bits per heavy atom. The van der Waals surface area contributed by atoms with Gasteiger partial charge in [0, 0.05) is 24.8 Å². The zero-order valence-corrected chi connectivity index (χ0v) is 23.0. The Kier molecular flexibility index (Phi) is 9.46. The van der Waals surface area contributed by atoms with Gasteiger partial charge in [0.2, 0.25) is 10.0 Å². The quantitative estimate of drug-likeness (QED) is 0.258. The third-order valence-corrected chi connectivity index (χ3v) is 8.16. The molecule has 0 saturated carbocycles. The molecule has 0 fully saturated rings. The predicted octanol–water partition coefficient (Wildman–Crippen LogP) is 5.40. The molecule has 1 amide bonds. The van der Waals surface area contributed by atoms with Crippen LogP contribution in [-0.2, 0) is 23.1 Å². The van der Waals surface area contributed by atoms with Crippen molar-refractivity contribution < 1.29 is 17.9 Å². The lowest BCUT2D eigenvalue weighted by Gasteiger charge is -2.22. The molecule has 8 heteroatoms. The maximum absolute atomic E-state index is 13.6. The summed E-state index contributed by atoms with van der Waals surface area (Å²) in [7, 11) is -3.84. The van der Waals surface area contributed by atoms with Crippen molar-refractivity contribution in [2.75, 3.05) is 13.2 Å². The van der Waals surface area contributed by atoms with Crippen molar-refractivity contribution in [2.24, 2.45) is 0 Å². The summed E-state index contributed by atoms with van der Waals surface area (Å²) >= 11 is 0. The number of ether oxygens (including phenoxy) is 1. The summed E-state index contributed by atoms with van der Waals surface area (Å²) in [6.07, 6.45) is 1.64. The summed E-state index contributed by atoms with van der Waals surface area (Å²) in [5.41, 5.74) is 3.07. The van der Waals surface area contributed by atoms with E-state index >= 15 is 0 Å². The summed E-state index contributed by atoms with van der Waals surface area (Å²) in [5, 5.41) is 2.99. The minimum Gasteiger partial charge on any atom is -0.494 e. The molecule has 0 bridgehead atoms. The molecule has 0 spiro atoms. The van der Waals surface area contributed by atoms with E-state index in [4.69, 9.17) is 4.74 Å². The number of nitrogens with zero attached hydrogens (tertiary/aromatic N) is 2. The molecule has 39 heavy (non-hydrogen) atoms.